The molecule has 0 amide bonds. The summed E-state index contributed by atoms with van der Waals surface area (Å²) in [7, 11) is 0. The molecule has 0 bridgehead atoms. The van der Waals surface area contributed by atoms with Crippen molar-refractivity contribution >= 4 is 12.2 Å². The molecular weight excluding hydrogens is 204 g/mol. The highest BCUT2D eigenvalue weighted by Crippen LogP contribution is 2.08. The van der Waals surface area contributed by atoms with Crippen LogP contribution in [0.1, 0.15) is 16.7 Å². The molecule has 2 aromatic rings. The van der Waals surface area contributed by atoms with E-state index in [0.29, 0.717) is 0 Å². The lowest BCUT2D eigenvalue weighted by molar-refractivity contribution is 1.28. The Morgan fingerprint density at radius 2 is 1.47 bits per heavy atom. The first-order valence-corrected chi connectivity index (χ1v) is 5.81. The predicted molar refractivity (Wildman–Crippen MR) is 75.7 cm³/mol. The summed E-state index contributed by atoms with van der Waals surface area (Å²) in [6.07, 6.45) is 7.18. The fourth-order valence-corrected chi connectivity index (χ4v) is 1.69. The van der Waals surface area contributed by atoms with E-state index in [0.717, 1.165) is 12.0 Å². The largest absolute Gasteiger partial charge is 0.0985 e. The van der Waals surface area contributed by atoms with Crippen molar-refractivity contribution in [2.75, 3.05) is 0 Å². The van der Waals surface area contributed by atoms with Crippen molar-refractivity contribution in [3.8, 4) is 0 Å². The fourth-order valence-electron chi connectivity index (χ4n) is 1.69. The van der Waals surface area contributed by atoms with Gasteiger partial charge < -0.3 is 0 Å². The summed E-state index contributed by atoms with van der Waals surface area (Å²) >= 11 is 0. The molecule has 0 aliphatic heterocycles. The number of allylic oxidation sites excluding steroid dienone is 1. The SMILES string of the molecule is C=Cc1ccc(C=CCc2ccccc2)cc1. The summed E-state index contributed by atoms with van der Waals surface area (Å²) in [4.78, 5) is 0. The summed E-state index contributed by atoms with van der Waals surface area (Å²) in [6, 6.07) is 18.9. The van der Waals surface area contributed by atoms with Gasteiger partial charge in [0.05, 0.1) is 0 Å². The number of hydrogen-bond acceptors (Lipinski definition) is 0. The maximum Gasteiger partial charge on any atom is -0.00941 e. The highest BCUT2D eigenvalue weighted by atomic mass is 13.9. The molecule has 0 fully saturated rings. The highest BCUT2D eigenvalue weighted by molar-refractivity contribution is 5.54. The van der Waals surface area contributed by atoms with Crippen LogP contribution >= 0.6 is 0 Å². The Bertz CT molecular complexity index is 489. The quantitative estimate of drug-likeness (QED) is 0.707. The second-order valence-electron chi connectivity index (χ2n) is 3.96. The minimum atomic E-state index is 0.976. The lowest BCUT2D eigenvalue weighted by Crippen LogP contribution is -1.79. The van der Waals surface area contributed by atoms with Crippen molar-refractivity contribution in [3.63, 3.8) is 0 Å². The first kappa shape index (κ1) is 11.4. The normalized spacial score (nSPS) is 10.6. The first-order chi connectivity index (χ1) is 8.38. The second kappa shape index (κ2) is 5.86. The molecule has 0 aliphatic rings. The van der Waals surface area contributed by atoms with Gasteiger partial charge in [0.25, 0.3) is 0 Å². The smallest absolute Gasteiger partial charge is 0.00941 e. The molecule has 2 rings (SSSR count). The molecule has 0 radical (unpaired) electrons. The lowest BCUT2D eigenvalue weighted by Gasteiger charge is -1.96. The van der Waals surface area contributed by atoms with E-state index in [1.807, 2.05) is 12.1 Å². The molecule has 0 nitrogen and oxygen atoms in total. The van der Waals surface area contributed by atoms with E-state index in [9.17, 15) is 0 Å². The molecule has 0 aromatic heterocycles. The predicted octanol–water partition coefficient (Wildman–Crippen LogP) is 4.59. The van der Waals surface area contributed by atoms with E-state index >= 15 is 0 Å². The van der Waals surface area contributed by atoms with Gasteiger partial charge >= 0.3 is 0 Å². The molecule has 0 atom stereocenters. The molecule has 0 N–H and O–H groups in total. The van der Waals surface area contributed by atoms with Crippen molar-refractivity contribution in [2.24, 2.45) is 0 Å². The van der Waals surface area contributed by atoms with Gasteiger partial charge in [-0.15, -0.1) is 0 Å². The van der Waals surface area contributed by atoms with E-state index in [2.05, 4.69) is 67.3 Å². The van der Waals surface area contributed by atoms with Gasteiger partial charge in [-0.3, -0.25) is 0 Å². The molecular formula is C17H16. The van der Waals surface area contributed by atoms with Crippen LogP contribution in [0.2, 0.25) is 0 Å². The van der Waals surface area contributed by atoms with Crippen LogP contribution in [-0.2, 0) is 6.42 Å². The van der Waals surface area contributed by atoms with Gasteiger partial charge in [0, 0.05) is 0 Å². The summed E-state index contributed by atoms with van der Waals surface area (Å²) in [5.74, 6) is 0. The van der Waals surface area contributed by atoms with Crippen LogP contribution in [0.5, 0.6) is 0 Å². The van der Waals surface area contributed by atoms with Gasteiger partial charge in [0.2, 0.25) is 0 Å². The Morgan fingerprint density at radius 1 is 0.824 bits per heavy atom. The van der Waals surface area contributed by atoms with Gasteiger partial charge in [0.1, 0.15) is 0 Å². The standard InChI is InChI=1S/C17H16/c1-2-15-11-13-17(14-12-15)10-6-9-16-7-4-3-5-8-16/h2-8,10-14H,1,9H2. The van der Waals surface area contributed by atoms with E-state index < -0.39 is 0 Å². The first-order valence-electron chi connectivity index (χ1n) is 5.81. The second-order valence-corrected chi connectivity index (χ2v) is 3.96. The molecule has 0 heteroatoms. The van der Waals surface area contributed by atoms with Crippen LogP contribution in [-0.4, -0.2) is 0 Å². The average Bonchev–Trinajstić information content (AvgIpc) is 2.41. The molecule has 17 heavy (non-hydrogen) atoms. The Morgan fingerprint density at radius 3 is 2.12 bits per heavy atom. The van der Waals surface area contributed by atoms with E-state index in [4.69, 9.17) is 0 Å². The zero-order chi connectivity index (χ0) is 11.9. The summed E-state index contributed by atoms with van der Waals surface area (Å²) in [5, 5.41) is 0. The third-order valence-electron chi connectivity index (χ3n) is 2.68. The van der Waals surface area contributed by atoms with Gasteiger partial charge in [0.15, 0.2) is 0 Å². The molecule has 0 saturated carbocycles. The van der Waals surface area contributed by atoms with Gasteiger partial charge in [-0.25, -0.2) is 0 Å². The average molecular weight is 220 g/mol. The Labute approximate surface area is 103 Å². The van der Waals surface area contributed by atoms with Crippen LogP contribution in [0.15, 0.2) is 67.3 Å². The van der Waals surface area contributed by atoms with Crippen LogP contribution in [0.3, 0.4) is 0 Å². The number of benzene rings is 2. The Hall–Kier alpha value is -2.08. The fraction of sp³-hybridized carbons (Fsp3) is 0.0588. The Balaban J connectivity index is 1.98. The van der Waals surface area contributed by atoms with Crippen molar-refractivity contribution in [1.82, 2.24) is 0 Å². The summed E-state index contributed by atoms with van der Waals surface area (Å²) in [6.45, 7) is 3.74. The van der Waals surface area contributed by atoms with Crippen molar-refractivity contribution in [1.29, 1.82) is 0 Å². The van der Waals surface area contributed by atoms with Crippen LogP contribution < -0.4 is 0 Å². The molecule has 84 valence electrons. The summed E-state index contributed by atoms with van der Waals surface area (Å²) < 4.78 is 0. The zero-order valence-electron chi connectivity index (χ0n) is 9.84. The summed E-state index contributed by atoms with van der Waals surface area (Å²) in [5.41, 5.74) is 3.73. The highest BCUT2D eigenvalue weighted by Gasteiger charge is 1.89. The molecule has 2 aromatic carbocycles. The minimum Gasteiger partial charge on any atom is -0.0985 e. The van der Waals surface area contributed by atoms with Crippen molar-refractivity contribution in [2.45, 2.75) is 6.42 Å². The number of rotatable bonds is 4. The van der Waals surface area contributed by atoms with E-state index in [1.165, 1.54) is 11.1 Å². The third kappa shape index (κ3) is 3.46. The minimum absolute atomic E-state index is 0.976. The topological polar surface area (TPSA) is 0 Å². The molecule has 0 spiro atoms. The van der Waals surface area contributed by atoms with Gasteiger partial charge in [-0.2, -0.15) is 0 Å². The van der Waals surface area contributed by atoms with Crippen LogP contribution in [0, 0.1) is 0 Å². The van der Waals surface area contributed by atoms with Crippen molar-refractivity contribution < 1.29 is 0 Å². The monoisotopic (exact) mass is 220 g/mol. The maximum atomic E-state index is 3.74. The van der Waals surface area contributed by atoms with Crippen LogP contribution in [0.25, 0.3) is 12.2 Å². The van der Waals surface area contributed by atoms with Gasteiger partial charge in [-0.05, 0) is 23.1 Å². The zero-order valence-corrected chi connectivity index (χ0v) is 9.84. The molecule has 0 aliphatic carbocycles. The van der Waals surface area contributed by atoms with Crippen molar-refractivity contribution in [3.05, 3.63) is 83.9 Å². The number of hydrogen-bond donors (Lipinski definition) is 0. The molecule has 0 unspecified atom stereocenters. The lowest BCUT2D eigenvalue weighted by atomic mass is 10.1. The molecule has 0 saturated heterocycles. The molecule has 0 heterocycles. The maximum absolute atomic E-state index is 3.74. The van der Waals surface area contributed by atoms with Gasteiger partial charge in [-0.1, -0.05) is 79.4 Å². The third-order valence-corrected chi connectivity index (χ3v) is 2.68. The van der Waals surface area contributed by atoms with E-state index in [1.54, 1.807) is 0 Å². The van der Waals surface area contributed by atoms with E-state index in [-0.39, 0.29) is 0 Å². The van der Waals surface area contributed by atoms with Crippen LogP contribution in [0.4, 0.5) is 0 Å². The Kier molecular flexibility index (Phi) is 3.93.